The molecule has 2 aromatic carbocycles. The molecule has 1 aromatic heterocycles. The van der Waals surface area contributed by atoms with Crippen LogP contribution in [0.2, 0.25) is 0 Å². The Labute approximate surface area is 242 Å². The van der Waals surface area contributed by atoms with Crippen LogP contribution in [0, 0.1) is 27.7 Å². The third kappa shape index (κ3) is 8.59. The summed E-state index contributed by atoms with van der Waals surface area (Å²) in [7, 11) is -2.71. The fraction of sp³-hybridized carbons (Fsp3) is 0.467. The smallest absolute Gasteiger partial charge is 0.341 e. The highest BCUT2D eigenvalue weighted by molar-refractivity contribution is 7.87. The number of halogens is 2. The molecule has 0 amide bonds. The Morgan fingerprint density at radius 1 is 1.02 bits per heavy atom. The van der Waals surface area contributed by atoms with Gasteiger partial charge in [0.05, 0.1) is 19.3 Å². The molecule has 2 N–H and O–H groups in total. The van der Waals surface area contributed by atoms with Crippen molar-refractivity contribution in [3.63, 3.8) is 0 Å². The third-order valence-corrected chi connectivity index (χ3v) is 8.36. The van der Waals surface area contributed by atoms with Crippen molar-refractivity contribution >= 4 is 16.1 Å². The van der Waals surface area contributed by atoms with E-state index < -0.39 is 16.5 Å². The number of ether oxygens (including phenoxy) is 1. The van der Waals surface area contributed by atoms with Crippen LogP contribution in [-0.4, -0.2) is 49.9 Å². The molecule has 11 heteroatoms. The van der Waals surface area contributed by atoms with Crippen LogP contribution in [0.25, 0.3) is 0 Å². The lowest BCUT2D eigenvalue weighted by molar-refractivity contribution is 0.0837. The summed E-state index contributed by atoms with van der Waals surface area (Å²) < 4.78 is 64.5. The van der Waals surface area contributed by atoms with Crippen molar-refractivity contribution in [2.75, 3.05) is 25.9 Å². The summed E-state index contributed by atoms with van der Waals surface area (Å²) in [4.78, 5) is 10.2. The van der Waals surface area contributed by atoms with E-state index in [9.17, 15) is 17.2 Å². The molecule has 224 valence electrons. The van der Waals surface area contributed by atoms with Crippen molar-refractivity contribution in [1.82, 2.24) is 14.9 Å². The van der Waals surface area contributed by atoms with E-state index in [1.807, 2.05) is 25.1 Å². The second-order valence-corrected chi connectivity index (χ2v) is 11.9. The first kappa shape index (κ1) is 32.2. The molecule has 41 heavy (non-hydrogen) atoms. The highest BCUT2D eigenvalue weighted by atomic mass is 32.2. The standard InChI is InChI=1S/C30H40F2N4O4S/c1-7-8-9-12-36(18-27(31)32)17-23-10-11-24(26(15-23)39-6)16-25-22(5)34-30(33)35-29(25)40-41(37,38)28-20(3)13-19(2)14-21(28)4/h10-11,13-15,27H,7-9,12,16-18H2,1-6H3,(H2,33,34,35). The maximum absolute atomic E-state index is 13.4. The van der Waals surface area contributed by atoms with Gasteiger partial charge in [-0.05, 0) is 69.0 Å². The molecule has 0 unspecified atom stereocenters. The number of unbranched alkanes of at least 4 members (excludes halogenated alkanes) is 2. The summed E-state index contributed by atoms with van der Waals surface area (Å²) in [6, 6.07) is 9.07. The van der Waals surface area contributed by atoms with Gasteiger partial charge in [0.2, 0.25) is 11.8 Å². The summed E-state index contributed by atoms with van der Waals surface area (Å²) >= 11 is 0. The number of aromatic nitrogens is 2. The van der Waals surface area contributed by atoms with E-state index in [2.05, 4.69) is 16.9 Å². The van der Waals surface area contributed by atoms with Gasteiger partial charge in [-0.2, -0.15) is 13.4 Å². The predicted molar refractivity (Wildman–Crippen MR) is 156 cm³/mol. The lowest BCUT2D eigenvalue weighted by Gasteiger charge is -2.22. The average Bonchev–Trinajstić information content (AvgIpc) is 2.85. The van der Waals surface area contributed by atoms with Gasteiger partial charge in [0.1, 0.15) is 10.6 Å². The summed E-state index contributed by atoms with van der Waals surface area (Å²) in [6.45, 7) is 9.75. The molecule has 3 aromatic rings. The lowest BCUT2D eigenvalue weighted by Crippen LogP contribution is -2.29. The van der Waals surface area contributed by atoms with Crippen molar-refractivity contribution in [1.29, 1.82) is 0 Å². The van der Waals surface area contributed by atoms with Crippen LogP contribution in [0.4, 0.5) is 14.7 Å². The number of aryl methyl sites for hydroxylation is 4. The largest absolute Gasteiger partial charge is 0.496 e. The molecule has 0 aliphatic rings. The molecule has 0 spiro atoms. The Kier molecular flexibility index (Phi) is 11.0. The zero-order valence-corrected chi connectivity index (χ0v) is 25.4. The van der Waals surface area contributed by atoms with Gasteiger partial charge < -0.3 is 14.7 Å². The van der Waals surface area contributed by atoms with Crippen LogP contribution in [-0.2, 0) is 23.1 Å². The molecule has 8 nitrogen and oxygen atoms in total. The topological polar surface area (TPSA) is 108 Å². The van der Waals surface area contributed by atoms with Crippen LogP contribution in [0.1, 0.15) is 65.3 Å². The molecule has 0 radical (unpaired) electrons. The summed E-state index contributed by atoms with van der Waals surface area (Å²) in [6.07, 6.45) is 0.615. The lowest BCUT2D eigenvalue weighted by atomic mass is 10.0. The van der Waals surface area contributed by atoms with E-state index >= 15 is 0 Å². The predicted octanol–water partition coefficient (Wildman–Crippen LogP) is 5.92. The maximum Gasteiger partial charge on any atom is 0.341 e. The zero-order valence-electron chi connectivity index (χ0n) is 24.6. The minimum atomic E-state index is -4.24. The first-order valence-corrected chi connectivity index (χ1v) is 15.1. The normalized spacial score (nSPS) is 11.9. The fourth-order valence-corrected chi connectivity index (χ4v) is 6.40. The number of methoxy groups -OCH3 is 1. The van der Waals surface area contributed by atoms with Gasteiger partial charge in [0.15, 0.2) is 0 Å². The number of nitrogens with zero attached hydrogens (tertiary/aromatic N) is 3. The van der Waals surface area contributed by atoms with E-state index in [4.69, 9.17) is 14.7 Å². The molecule has 0 aliphatic heterocycles. The van der Waals surface area contributed by atoms with Gasteiger partial charge in [-0.25, -0.2) is 13.8 Å². The molecule has 0 fully saturated rings. The number of anilines is 1. The molecule has 0 saturated heterocycles. The van der Waals surface area contributed by atoms with Crippen LogP contribution >= 0.6 is 0 Å². The molecule has 0 aliphatic carbocycles. The third-order valence-electron chi connectivity index (χ3n) is 6.84. The van der Waals surface area contributed by atoms with Crippen LogP contribution < -0.4 is 14.7 Å². The summed E-state index contributed by atoms with van der Waals surface area (Å²) in [5.41, 5.74) is 10.4. The van der Waals surface area contributed by atoms with Gasteiger partial charge in [-0.1, -0.05) is 49.6 Å². The highest BCUT2D eigenvalue weighted by Gasteiger charge is 2.26. The van der Waals surface area contributed by atoms with E-state index in [1.54, 1.807) is 37.8 Å². The van der Waals surface area contributed by atoms with Crippen molar-refractivity contribution < 1.29 is 26.1 Å². The van der Waals surface area contributed by atoms with Gasteiger partial charge >= 0.3 is 10.1 Å². The van der Waals surface area contributed by atoms with Crippen molar-refractivity contribution in [2.45, 2.75) is 78.2 Å². The average molecular weight is 591 g/mol. The Hall–Kier alpha value is -3.31. The minimum Gasteiger partial charge on any atom is -0.496 e. The van der Waals surface area contributed by atoms with Crippen molar-refractivity contribution in [3.8, 4) is 11.6 Å². The second kappa shape index (κ2) is 14.0. The number of hydrogen-bond donors (Lipinski definition) is 1. The van der Waals surface area contributed by atoms with Crippen LogP contribution in [0.3, 0.4) is 0 Å². The molecule has 0 bridgehead atoms. The molecular formula is C30H40F2N4O4S. The molecular weight excluding hydrogens is 550 g/mol. The first-order valence-electron chi connectivity index (χ1n) is 13.7. The number of hydrogen-bond acceptors (Lipinski definition) is 8. The van der Waals surface area contributed by atoms with Gasteiger partial charge in [0.25, 0.3) is 6.43 Å². The zero-order chi connectivity index (χ0) is 30.3. The molecule has 0 atom stereocenters. The van der Waals surface area contributed by atoms with Gasteiger partial charge in [0, 0.05) is 18.5 Å². The van der Waals surface area contributed by atoms with E-state index in [0.717, 1.165) is 36.0 Å². The number of alkyl halides is 2. The molecule has 0 saturated carbocycles. The number of benzene rings is 2. The summed E-state index contributed by atoms with van der Waals surface area (Å²) in [5, 5.41) is 0. The summed E-state index contributed by atoms with van der Waals surface area (Å²) in [5.74, 6) is 0.265. The Morgan fingerprint density at radius 3 is 2.32 bits per heavy atom. The van der Waals surface area contributed by atoms with Crippen LogP contribution in [0.5, 0.6) is 11.6 Å². The monoisotopic (exact) mass is 590 g/mol. The Balaban J connectivity index is 1.93. The highest BCUT2D eigenvalue weighted by Crippen LogP contribution is 2.32. The SMILES string of the molecule is CCCCCN(Cc1ccc(Cc2c(C)nc(N)nc2OS(=O)(=O)c2c(C)cc(C)cc2C)c(OC)c1)CC(F)F. The number of rotatable bonds is 14. The molecule has 3 rings (SSSR count). The Bertz CT molecular complexity index is 1440. The first-order chi connectivity index (χ1) is 19.3. The van der Waals surface area contributed by atoms with Gasteiger partial charge in [-0.3, -0.25) is 4.90 Å². The minimum absolute atomic E-state index is 0.0816. The second-order valence-electron chi connectivity index (χ2n) is 10.4. The maximum atomic E-state index is 13.4. The van der Waals surface area contributed by atoms with Crippen molar-refractivity contribution in [3.05, 3.63) is 69.4 Å². The van der Waals surface area contributed by atoms with Crippen molar-refractivity contribution in [2.24, 2.45) is 0 Å². The quantitative estimate of drug-likeness (QED) is 0.182. The van der Waals surface area contributed by atoms with Gasteiger partial charge in [-0.15, -0.1) is 0 Å². The Morgan fingerprint density at radius 2 is 1.71 bits per heavy atom. The van der Waals surface area contributed by atoms with E-state index in [-0.39, 0.29) is 29.7 Å². The van der Waals surface area contributed by atoms with E-state index in [1.165, 1.54) is 7.11 Å². The van der Waals surface area contributed by atoms with Crippen LogP contribution in [0.15, 0.2) is 35.2 Å². The molecule has 1 heterocycles. The van der Waals surface area contributed by atoms with E-state index in [0.29, 0.717) is 41.2 Å². The fourth-order valence-electron chi connectivity index (χ4n) is 5.07. The number of nitrogen functional groups attached to an aromatic ring is 1. The number of nitrogens with two attached hydrogens (primary N) is 1.